The zero-order valence-corrected chi connectivity index (χ0v) is 14.0. The van der Waals surface area contributed by atoms with Crippen molar-refractivity contribution in [2.45, 2.75) is 50.6 Å². The summed E-state index contributed by atoms with van der Waals surface area (Å²) in [7, 11) is 0. The van der Waals surface area contributed by atoms with E-state index in [1.165, 1.54) is 55.2 Å². The van der Waals surface area contributed by atoms with Gasteiger partial charge in [0.2, 0.25) is 0 Å². The fourth-order valence-electron chi connectivity index (χ4n) is 4.12. The van der Waals surface area contributed by atoms with Crippen LogP contribution in [0.5, 0.6) is 0 Å². The summed E-state index contributed by atoms with van der Waals surface area (Å²) in [6.07, 6.45) is 6.91. The highest BCUT2D eigenvalue weighted by atomic mass is 79.9. The Labute approximate surface area is 131 Å². The SMILES string of the molecule is CC(c1ccccc1Br)N1CCNCC12CCCCC2. The molecule has 2 nitrogen and oxygen atoms in total. The van der Waals surface area contributed by atoms with Gasteiger partial charge in [0.05, 0.1) is 0 Å². The summed E-state index contributed by atoms with van der Waals surface area (Å²) < 4.78 is 1.25. The van der Waals surface area contributed by atoms with E-state index in [2.05, 4.69) is 57.3 Å². The van der Waals surface area contributed by atoms with Crippen LogP contribution in [0.4, 0.5) is 0 Å². The number of rotatable bonds is 2. The van der Waals surface area contributed by atoms with E-state index < -0.39 is 0 Å². The van der Waals surface area contributed by atoms with E-state index in [4.69, 9.17) is 0 Å². The molecule has 1 spiro atoms. The molecule has 0 bridgehead atoms. The molecule has 3 heteroatoms. The maximum absolute atomic E-state index is 3.73. The van der Waals surface area contributed by atoms with E-state index >= 15 is 0 Å². The zero-order valence-electron chi connectivity index (χ0n) is 12.4. The standard InChI is InChI=1S/C17H25BrN2/c1-14(15-7-3-4-8-16(15)18)20-12-11-19-13-17(20)9-5-2-6-10-17/h3-4,7-8,14,19H,2,5-6,9-13H2,1H3. The minimum absolute atomic E-state index is 0.394. The molecule has 2 aliphatic rings. The van der Waals surface area contributed by atoms with Crippen LogP contribution < -0.4 is 5.32 Å². The summed E-state index contributed by atoms with van der Waals surface area (Å²) in [5.41, 5.74) is 1.82. The molecule has 0 aromatic heterocycles. The Balaban J connectivity index is 1.88. The normalized spacial score (nSPS) is 24.7. The lowest BCUT2D eigenvalue weighted by atomic mass is 9.78. The maximum Gasteiger partial charge on any atom is 0.0340 e. The molecule has 1 saturated heterocycles. The van der Waals surface area contributed by atoms with Gasteiger partial charge in [0, 0.05) is 35.7 Å². The van der Waals surface area contributed by atoms with Gasteiger partial charge >= 0.3 is 0 Å². The highest BCUT2D eigenvalue weighted by Gasteiger charge is 2.42. The van der Waals surface area contributed by atoms with Crippen LogP contribution in [0.3, 0.4) is 0 Å². The molecule has 1 saturated carbocycles. The number of hydrogen-bond donors (Lipinski definition) is 1. The summed E-state index contributed by atoms with van der Waals surface area (Å²) >= 11 is 3.73. The average molecular weight is 337 g/mol. The lowest BCUT2D eigenvalue weighted by Gasteiger charge is -2.52. The molecule has 1 N–H and O–H groups in total. The van der Waals surface area contributed by atoms with Crippen molar-refractivity contribution in [2.24, 2.45) is 0 Å². The van der Waals surface area contributed by atoms with Gasteiger partial charge in [0.25, 0.3) is 0 Å². The molecule has 20 heavy (non-hydrogen) atoms. The van der Waals surface area contributed by atoms with Crippen molar-refractivity contribution < 1.29 is 0 Å². The van der Waals surface area contributed by atoms with Crippen LogP contribution in [0.15, 0.2) is 28.7 Å². The van der Waals surface area contributed by atoms with E-state index in [1.54, 1.807) is 0 Å². The second-order valence-corrected chi connectivity index (χ2v) is 7.21. The predicted octanol–water partition coefficient (Wildman–Crippen LogP) is 4.12. The molecule has 1 unspecified atom stereocenters. The van der Waals surface area contributed by atoms with Crippen LogP contribution in [0, 0.1) is 0 Å². The fraction of sp³-hybridized carbons (Fsp3) is 0.647. The van der Waals surface area contributed by atoms with E-state index in [1.807, 2.05) is 0 Å². The Kier molecular flexibility index (Phi) is 4.49. The molecule has 1 atom stereocenters. The van der Waals surface area contributed by atoms with Crippen molar-refractivity contribution in [1.82, 2.24) is 10.2 Å². The minimum Gasteiger partial charge on any atom is -0.314 e. The van der Waals surface area contributed by atoms with Gasteiger partial charge in [0.15, 0.2) is 0 Å². The molecule has 1 aromatic carbocycles. The predicted molar refractivity (Wildman–Crippen MR) is 87.9 cm³/mol. The highest BCUT2D eigenvalue weighted by Crippen LogP contribution is 2.40. The molecular weight excluding hydrogens is 312 g/mol. The second-order valence-electron chi connectivity index (χ2n) is 6.35. The molecule has 1 aromatic rings. The zero-order chi connectivity index (χ0) is 14.0. The van der Waals surface area contributed by atoms with Crippen molar-refractivity contribution in [3.8, 4) is 0 Å². The molecule has 1 heterocycles. The lowest BCUT2D eigenvalue weighted by molar-refractivity contribution is -0.00298. The summed E-state index contributed by atoms with van der Waals surface area (Å²) in [6, 6.07) is 9.20. The summed E-state index contributed by atoms with van der Waals surface area (Å²) in [4.78, 5) is 2.78. The van der Waals surface area contributed by atoms with Crippen molar-refractivity contribution in [1.29, 1.82) is 0 Å². The second kappa shape index (κ2) is 6.17. The Morgan fingerprint density at radius 1 is 1.20 bits per heavy atom. The largest absolute Gasteiger partial charge is 0.314 e. The lowest BCUT2D eigenvalue weighted by Crippen LogP contribution is -2.62. The molecule has 1 aliphatic carbocycles. The Hall–Kier alpha value is -0.380. The van der Waals surface area contributed by atoms with Gasteiger partial charge in [0.1, 0.15) is 0 Å². The van der Waals surface area contributed by atoms with Crippen molar-refractivity contribution in [3.05, 3.63) is 34.3 Å². The highest BCUT2D eigenvalue weighted by molar-refractivity contribution is 9.10. The third-order valence-electron chi connectivity index (χ3n) is 5.20. The van der Waals surface area contributed by atoms with Crippen molar-refractivity contribution >= 4 is 15.9 Å². The maximum atomic E-state index is 3.73. The van der Waals surface area contributed by atoms with Crippen LogP contribution in [-0.2, 0) is 0 Å². The van der Waals surface area contributed by atoms with Crippen molar-refractivity contribution in [2.75, 3.05) is 19.6 Å². The van der Waals surface area contributed by atoms with Gasteiger partial charge in [-0.05, 0) is 31.4 Å². The Bertz CT molecular complexity index is 446. The quantitative estimate of drug-likeness (QED) is 0.873. The van der Waals surface area contributed by atoms with Crippen molar-refractivity contribution in [3.63, 3.8) is 0 Å². The summed E-state index contributed by atoms with van der Waals surface area (Å²) in [5.74, 6) is 0. The monoisotopic (exact) mass is 336 g/mol. The van der Waals surface area contributed by atoms with Crippen LogP contribution in [0.1, 0.15) is 50.6 Å². The number of benzene rings is 1. The van der Waals surface area contributed by atoms with Gasteiger partial charge in [-0.1, -0.05) is 53.4 Å². The molecule has 1 aliphatic heterocycles. The Morgan fingerprint density at radius 3 is 2.70 bits per heavy atom. The first-order valence-corrected chi connectivity index (χ1v) is 8.74. The number of halogens is 1. The number of hydrogen-bond acceptors (Lipinski definition) is 2. The average Bonchev–Trinajstić information content (AvgIpc) is 2.48. The van der Waals surface area contributed by atoms with Crippen LogP contribution in [0.2, 0.25) is 0 Å². The first-order valence-electron chi connectivity index (χ1n) is 7.95. The van der Waals surface area contributed by atoms with E-state index in [0.717, 1.165) is 6.54 Å². The molecule has 110 valence electrons. The van der Waals surface area contributed by atoms with Crippen LogP contribution in [-0.4, -0.2) is 30.1 Å². The molecule has 0 radical (unpaired) electrons. The van der Waals surface area contributed by atoms with Gasteiger partial charge in [-0.25, -0.2) is 0 Å². The van der Waals surface area contributed by atoms with E-state index in [9.17, 15) is 0 Å². The van der Waals surface area contributed by atoms with Gasteiger partial charge < -0.3 is 5.32 Å². The molecular formula is C17H25BrN2. The van der Waals surface area contributed by atoms with Crippen LogP contribution >= 0.6 is 15.9 Å². The summed E-state index contributed by atoms with van der Waals surface area (Å²) in [5, 5.41) is 3.64. The number of nitrogens with zero attached hydrogens (tertiary/aromatic N) is 1. The minimum atomic E-state index is 0.394. The first kappa shape index (κ1) is 14.6. The van der Waals surface area contributed by atoms with Gasteiger partial charge in [-0.3, -0.25) is 4.90 Å². The topological polar surface area (TPSA) is 15.3 Å². The fourth-order valence-corrected chi connectivity index (χ4v) is 4.74. The van der Waals surface area contributed by atoms with Gasteiger partial charge in [-0.15, -0.1) is 0 Å². The number of nitrogens with one attached hydrogen (secondary N) is 1. The van der Waals surface area contributed by atoms with E-state index in [0.29, 0.717) is 11.6 Å². The third kappa shape index (κ3) is 2.68. The number of piperazine rings is 1. The molecule has 3 rings (SSSR count). The van der Waals surface area contributed by atoms with E-state index in [-0.39, 0.29) is 0 Å². The smallest absolute Gasteiger partial charge is 0.0340 e. The molecule has 0 amide bonds. The third-order valence-corrected chi connectivity index (χ3v) is 5.92. The molecule has 2 fully saturated rings. The summed E-state index contributed by atoms with van der Waals surface area (Å²) in [6.45, 7) is 5.84. The van der Waals surface area contributed by atoms with Crippen LogP contribution in [0.25, 0.3) is 0 Å². The first-order chi connectivity index (χ1) is 9.73. The Morgan fingerprint density at radius 2 is 1.95 bits per heavy atom. The van der Waals surface area contributed by atoms with Gasteiger partial charge in [-0.2, -0.15) is 0 Å².